The number of hydrogen-bond donors (Lipinski definition) is 1. The van der Waals surface area contributed by atoms with E-state index in [4.69, 9.17) is 14.0 Å². The average molecular weight is 476 g/mol. The molecule has 0 aliphatic carbocycles. The van der Waals surface area contributed by atoms with Crippen molar-refractivity contribution in [1.82, 2.24) is 10.1 Å². The monoisotopic (exact) mass is 475 g/mol. The molecule has 8 nitrogen and oxygen atoms in total. The number of nitrogens with one attached hydrogen (secondary N) is 1. The SMILES string of the molecule is Cc1noc(CSc2ccccc2C(=O)OCC(=O)Nc2ccccc2Oc2ccccc2)n1. The third kappa shape index (κ3) is 6.23. The Morgan fingerprint density at radius 2 is 1.71 bits per heavy atom. The molecule has 0 radical (unpaired) electrons. The maximum atomic E-state index is 12.7. The van der Waals surface area contributed by atoms with Gasteiger partial charge in [0.15, 0.2) is 18.2 Å². The molecular weight excluding hydrogens is 454 g/mol. The van der Waals surface area contributed by atoms with E-state index in [1.165, 1.54) is 11.8 Å². The van der Waals surface area contributed by atoms with Crippen molar-refractivity contribution in [3.05, 3.63) is 96.1 Å². The van der Waals surface area contributed by atoms with E-state index in [1.807, 2.05) is 36.4 Å². The standard InChI is InChI=1S/C25H21N3O5S/c1-17-26-24(33-28-17)16-34-22-14-8-5-11-19(22)25(30)31-15-23(29)27-20-12-6-7-13-21(20)32-18-9-3-2-4-10-18/h2-14H,15-16H2,1H3,(H,27,29). The molecule has 34 heavy (non-hydrogen) atoms. The Labute approximate surface area is 200 Å². The predicted molar refractivity (Wildman–Crippen MR) is 127 cm³/mol. The molecule has 1 heterocycles. The smallest absolute Gasteiger partial charge is 0.339 e. The van der Waals surface area contributed by atoms with Gasteiger partial charge in [0.05, 0.1) is 17.0 Å². The van der Waals surface area contributed by atoms with E-state index in [0.29, 0.717) is 45.1 Å². The summed E-state index contributed by atoms with van der Waals surface area (Å²) in [6.45, 7) is 1.29. The van der Waals surface area contributed by atoms with Crippen LogP contribution in [0.3, 0.4) is 0 Å². The molecule has 0 saturated heterocycles. The van der Waals surface area contributed by atoms with E-state index < -0.39 is 18.5 Å². The van der Waals surface area contributed by atoms with Gasteiger partial charge in [-0.05, 0) is 43.3 Å². The molecule has 0 spiro atoms. The van der Waals surface area contributed by atoms with E-state index in [-0.39, 0.29) is 0 Å². The van der Waals surface area contributed by atoms with Gasteiger partial charge in [-0.2, -0.15) is 4.98 Å². The molecule has 0 atom stereocenters. The molecule has 172 valence electrons. The predicted octanol–water partition coefficient (Wildman–Crippen LogP) is 5.26. The van der Waals surface area contributed by atoms with Crippen LogP contribution in [-0.4, -0.2) is 28.6 Å². The molecule has 1 aromatic heterocycles. The Morgan fingerprint density at radius 1 is 0.971 bits per heavy atom. The Bertz CT molecular complexity index is 1280. The molecule has 0 bridgehead atoms. The van der Waals surface area contributed by atoms with E-state index >= 15 is 0 Å². The molecule has 4 rings (SSSR count). The Kier molecular flexibility index (Phi) is 7.56. The van der Waals surface area contributed by atoms with Crippen molar-refractivity contribution in [2.75, 3.05) is 11.9 Å². The van der Waals surface area contributed by atoms with Crippen molar-refractivity contribution < 1.29 is 23.6 Å². The summed E-state index contributed by atoms with van der Waals surface area (Å²) in [6.07, 6.45) is 0. The molecule has 0 aliphatic heterocycles. The van der Waals surface area contributed by atoms with Gasteiger partial charge in [0, 0.05) is 4.90 Å². The highest BCUT2D eigenvalue weighted by atomic mass is 32.2. The van der Waals surface area contributed by atoms with Crippen LogP contribution in [0.1, 0.15) is 22.1 Å². The summed E-state index contributed by atoms with van der Waals surface area (Å²) < 4.78 is 16.2. The van der Waals surface area contributed by atoms with Crippen LogP contribution in [0.4, 0.5) is 5.69 Å². The van der Waals surface area contributed by atoms with Gasteiger partial charge in [-0.3, -0.25) is 4.79 Å². The zero-order chi connectivity index (χ0) is 23.8. The highest BCUT2D eigenvalue weighted by molar-refractivity contribution is 7.98. The van der Waals surface area contributed by atoms with E-state index in [0.717, 1.165) is 0 Å². The number of para-hydroxylation sites is 3. The average Bonchev–Trinajstić information content (AvgIpc) is 3.28. The minimum absolute atomic E-state index is 0.351. The fourth-order valence-corrected chi connectivity index (χ4v) is 3.85. The molecule has 3 aromatic carbocycles. The van der Waals surface area contributed by atoms with Gasteiger partial charge in [0.1, 0.15) is 5.75 Å². The van der Waals surface area contributed by atoms with Crippen molar-refractivity contribution in [1.29, 1.82) is 0 Å². The van der Waals surface area contributed by atoms with Crippen LogP contribution in [-0.2, 0) is 15.3 Å². The first kappa shape index (κ1) is 23.1. The topological polar surface area (TPSA) is 104 Å². The van der Waals surface area contributed by atoms with Gasteiger partial charge >= 0.3 is 5.97 Å². The summed E-state index contributed by atoms with van der Waals surface area (Å²) >= 11 is 1.37. The van der Waals surface area contributed by atoms with Crippen LogP contribution in [0.5, 0.6) is 11.5 Å². The minimum atomic E-state index is -0.603. The van der Waals surface area contributed by atoms with Crippen molar-refractivity contribution in [2.45, 2.75) is 17.6 Å². The molecule has 9 heteroatoms. The second-order valence-corrected chi connectivity index (χ2v) is 8.07. The maximum absolute atomic E-state index is 12.7. The molecule has 1 N–H and O–H groups in total. The largest absolute Gasteiger partial charge is 0.455 e. The van der Waals surface area contributed by atoms with Crippen LogP contribution in [0.15, 0.2) is 88.3 Å². The number of amides is 1. The van der Waals surface area contributed by atoms with Gasteiger partial charge in [0.25, 0.3) is 5.91 Å². The van der Waals surface area contributed by atoms with Gasteiger partial charge in [0.2, 0.25) is 5.89 Å². The second kappa shape index (κ2) is 11.2. The number of carbonyl (C=O) groups excluding carboxylic acids is 2. The van der Waals surface area contributed by atoms with Crippen molar-refractivity contribution in [2.24, 2.45) is 0 Å². The van der Waals surface area contributed by atoms with Crippen LogP contribution >= 0.6 is 11.8 Å². The summed E-state index contributed by atoms with van der Waals surface area (Å²) in [5.74, 6) is 1.44. The fraction of sp³-hybridized carbons (Fsp3) is 0.120. The fourth-order valence-electron chi connectivity index (χ4n) is 2.97. The number of rotatable bonds is 9. The van der Waals surface area contributed by atoms with Crippen molar-refractivity contribution in [3.63, 3.8) is 0 Å². The molecule has 0 aliphatic rings. The Morgan fingerprint density at radius 3 is 2.50 bits per heavy atom. The van der Waals surface area contributed by atoms with Gasteiger partial charge < -0.3 is 19.3 Å². The van der Waals surface area contributed by atoms with Gasteiger partial charge in [-0.15, -0.1) is 11.8 Å². The lowest BCUT2D eigenvalue weighted by atomic mass is 10.2. The third-order valence-corrected chi connectivity index (χ3v) is 5.55. The molecule has 0 unspecified atom stereocenters. The first-order valence-electron chi connectivity index (χ1n) is 10.4. The lowest BCUT2D eigenvalue weighted by molar-refractivity contribution is -0.119. The number of aromatic nitrogens is 2. The van der Waals surface area contributed by atoms with E-state index in [1.54, 1.807) is 49.4 Å². The zero-order valence-electron chi connectivity index (χ0n) is 18.3. The normalized spacial score (nSPS) is 10.5. The minimum Gasteiger partial charge on any atom is -0.455 e. The number of thioether (sulfide) groups is 1. The Hall–Kier alpha value is -4.11. The summed E-state index contributed by atoms with van der Waals surface area (Å²) in [7, 11) is 0. The third-order valence-electron chi connectivity index (χ3n) is 4.49. The maximum Gasteiger partial charge on any atom is 0.339 e. The molecular formula is C25H21N3O5S. The quantitative estimate of drug-likeness (QED) is 0.258. The summed E-state index contributed by atoms with van der Waals surface area (Å²) in [5, 5.41) is 6.48. The lowest BCUT2D eigenvalue weighted by Gasteiger charge is -2.13. The number of anilines is 1. The zero-order valence-corrected chi connectivity index (χ0v) is 19.1. The molecule has 1 amide bonds. The van der Waals surface area contributed by atoms with Crippen LogP contribution in [0.2, 0.25) is 0 Å². The lowest BCUT2D eigenvalue weighted by Crippen LogP contribution is -2.21. The van der Waals surface area contributed by atoms with Crippen molar-refractivity contribution in [3.8, 4) is 11.5 Å². The molecule has 0 fully saturated rings. The molecule has 4 aromatic rings. The number of nitrogens with zero attached hydrogens (tertiary/aromatic N) is 2. The summed E-state index contributed by atoms with van der Waals surface area (Å²) in [6, 6.07) is 23.2. The van der Waals surface area contributed by atoms with Crippen LogP contribution in [0.25, 0.3) is 0 Å². The van der Waals surface area contributed by atoms with Gasteiger partial charge in [-0.1, -0.05) is 47.6 Å². The number of esters is 1. The first-order chi connectivity index (χ1) is 16.6. The number of benzene rings is 3. The first-order valence-corrected chi connectivity index (χ1v) is 11.4. The van der Waals surface area contributed by atoms with Crippen molar-refractivity contribution >= 4 is 29.3 Å². The highest BCUT2D eigenvalue weighted by Gasteiger charge is 2.16. The number of carbonyl (C=O) groups is 2. The van der Waals surface area contributed by atoms with E-state index in [2.05, 4.69) is 15.5 Å². The van der Waals surface area contributed by atoms with Gasteiger partial charge in [-0.25, -0.2) is 4.79 Å². The number of hydrogen-bond acceptors (Lipinski definition) is 8. The summed E-state index contributed by atoms with van der Waals surface area (Å²) in [4.78, 5) is 30.0. The van der Waals surface area contributed by atoms with Crippen LogP contribution < -0.4 is 10.1 Å². The second-order valence-electron chi connectivity index (χ2n) is 7.06. The number of aryl methyl sites for hydroxylation is 1. The highest BCUT2D eigenvalue weighted by Crippen LogP contribution is 2.29. The Balaban J connectivity index is 1.35. The summed E-state index contributed by atoms with van der Waals surface area (Å²) in [5.41, 5.74) is 0.822. The molecule has 0 saturated carbocycles. The van der Waals surface area contributed by atoms with Crippen LogP contribution in [0, 0.1) is 6.92 Å². The van der Waals surface area contributed by atoms with E-state index in [9.17, 15) is 9.59 Å². The number of ether oxygens (including phenoxy) is 2.